The minimum atomic E-state index is 0.280. The Labute approximate surface area is 123 Å². The van der Waals surface area contributed by atoms with Gasteiger partial charge in [0.15, 0.2) is 5.76 Å². The largest absolute Gasteiger partial charge is 0.356 e. The van der Waals surface area contributed by atoms with Crippen molar-refractivity contribution in [3.63, 3.8) is 0 Å². The molecule has 1 fully saturated rings. The maximum atomic E-state index is 5.90. The maximum absolute atomic E-state index is 5.90. The molecule has 4 nitrogen and oxygen atoms in total. The van der Waals surface area contributed by atoms with Crippen LogP contribution in [-0.4, -0.2) is 36.2 Å². The van der Waals surface area contributed by atoms with Crippen molar-refractivity contribution in [1.82, 2.24) is 15.4 Å². The van der Waals surface area contributed by atoms with Gasteiger partial charge in [0.05, 0.1) is 6.04 Å². The van der Waals surface area contributed by atoms with Crippen LogP contribution >= 0.6 is 11.6 Å². The molecule has 1 unspecified atom stereocenters. The molecule has 3 rings (SSSR count). The predicted molar refractivity (Wildman–Crippen MR) is 79.8 cm³/mol. The molecular weight excluding hydrogens is 274 g/mol. The summed E-state index contributed by atoms with van der Waals surface area (Å²) in [5.41, 5.74) is 1.98. The summed E-state index contributed by atoms with van der Waals surface area (Å²) in [4.78, 5) is 2.42. The predicted octanol–water partition coefficient (Wildman–Crippen LogP) is 2.96. The summed E-state index contributed by atoms with van der Waals surface area (Å²) in [7, 11) is 0. The molecule has 0 bridgehead atoms. The molecule has 2 heterocycles. The van der Waals surface area contributed by atoms with E-state index in [-0.39, 0.29) is 6.04 Å². The van der Waals surface area contributed by atoms with E-state index in [4.69, 9.17) is 16.1 Å². The van der Waals surface area contributed by atoms with Gasteiger partial charge in [-0.15, -0.1) is 0 Å². The molecule has 20 heavy (non-hydrogen) atoms. The monoisotopic (exact) mass is 291 g/mol. The summed E-state index contributed by atoms with van der Waals surface area (Å²) in [6.45, 7) is 6.34. The number of rotatable bonds is 3. The van der Waals surface area contributed by atoms with Crippen molar-refractivity contribution < 1.29 is 4.52 Å². The van der Waals surface area contributed by atoms with Gasteiger partial charge in [0, 0.05) is 42.8 Å². The normalized spacial score (nSPS) is 18.1. The quantitative estimate of drug-likeness (QED) is 0.944. The molecule has 1 aliphatic heterocycles. The van der Waals surface area contributed by atoms with Crippen molar-refractivity contribution in [2.45, 2.75) is 13.0 Å². The number of hydrogen-bond donors (Lipinski definition) is 1. The number of benzene rings is 1. The molecule has 1 aromatic carbocycles. The number of halogens is 1. The first-order chi connectivity index (χ1) is 9.74. The van der Waals surface area contributed by atoms with Crippen LogP contribution in [-0.2, 0) is 0 Å². The van der Waals surface area contributed by atoms with Crippen LogP contribution < -0.4 is 5.32 Å². The van der Waals surface area contributed by atoms with Crippen LogP contribution in [0.15, 0.2) is 34.9 Å². The number of nitrogens with zero attached hydrogens (tertiary/aromatic N) is 2. The lowest BCUT2D eigenvalue weighted by Gasteiger charge is -2.31. The van der Waals surface area contributed by atoms with Gasteiger partial charge in [-0.2, -0.15) is 0 Å². The minimum Gasteiger partial charge on any atom is -0.356 e. The first-order valence-corrected chi connectivity index (χ1v) is 7.29. The zero-order chi connectivity index (χ0) is 13.9. The van der Waals surface area contributed by atoms with E-state index in [1.54, 1.807) is 0 Å². The summed E-state index contributed by atoms with van der Waals surface area (Å²) < 4.78 is 5.47. The fourth-order valence-corrected chi connectivity index (χ4v) is 2.62. The average molecular weight is 292 g/mol. The molecule has 0 radical (unpaired) electrons. The van der Waals surface area contributed by atoms with Crippen LogP contribution in [0.5, 0.6) is 0 Å². The van der Waals surface area contributed by atoms with Crippen molar-refractivity contribution in [2.75, 3.05) is 26.2 Å². The van der Waals surface area contributed by atoms with Crippen LogP contribution in [0.3, 0.4) is 0 Å². The Balaban J connectivity index is 1.77. The Bertz CT molecular complexity index is 561. The molecule has 0 amide bonds. The lowest BCUT2D eigenvalue weighted by Crippen LogP contribution is -2.44. The second kappa shape index (κ2) is 5.95. The third kappa shape index (κ3) is 2.87. The highest BCUT2D eigenvalue weighted by Gasteiger charge is 2.21. The van der Waals surface area contributed by atoms with Crippen molar-refractivity contribution in [3.05, 3.63) is 41.0 Å². The highest BCUT2D eigenvalue weighted by molar-refractivity contribution is 6.30. The van der Waals surface area contributed by atoms with E-state index in [1.165, 1.54) is 0 Å². The second-order valence-electron chi connectivity index (χ2n) is 5.08. The van der Waals surface area contributed by atoms with Gasteiger partial charge in [0.25, 0.3) is 0 Å². The fraction of sp³-hybridized carbons (Fsp3) is 0.400. The standard InChI is InChI=1S/C15H18ClN3O/c1-11(19-8-6-17-7-9-19)14-10-15(20-18-14)12-2-4-13(16)5-3-12/h2-5,10-11,17H,6-9H2,1H3. The third-order valence-corrected chi connectivity index (χ3v) is 4.04. The Morgan fingerprint density at radius 1 is 1.25 bits per heavy atom. The summed E-state index contributed by atoms with van der Waals surface area (Å²) in [6.07, 6.45) is 0. The number of hydrogen-bond acceptors (Lipinski definition) is 4. The zero-order valence-corrected chi connectivity index (χ0v) is 12.2. The number of aromatic nitrogens is 1. The van der Waals surface area contributed by atoms with E-state index in [0.29, 0.717) is 0 Å². The van der Waals surface area contributed by atoms with E-state index in [9.17, 15) is 0 Å². The smallest absolute Gasteiger partial charge is 0.167 e. The zero-order valence-electron chi connectivity index (χ0n) is 11.5. The van der Waals surface area contributed by atoms with Crippen LogP contribution in [0.1, 0.15) is 18.7 Å². The van der Waals surface area contributed by atoms with E-state index >= 15 is 0 Å². The SMILES string of the molecule is CC(c1cc(-c2ccc(Cl)cc2)on1)N1CCNCC1. The Hall–Kier alpha value is -1.36. The van der Waals surface area contributed by atoms with Crippen molar-refractivity contribution in [3.8, 4) is 11.3 Å². The van der Waals surface area contributed by atoms with Gasteiger partial charge in [-0.1, -0.05) is 16.8 Å². The van der Waals surface area contributed by atoms with Gasteiger partial charge in [-0.3, -0.25) is 4.90 Å². The van der Waals surface area contributed by atoms with Crippen LogP contribution in [0.25, 0.3) is 11.3 Å². The molecule has 2 aromatic rings. The highest BCUT2D eigenvalue weighted by Crippen LogP contribution is 2.26. The van der Waals surface area contributed by atoms with Gasteiger partial charge in [-0.25, -0.2) is 0 Å². The molecule has 0 saturated carbocycles. The van der Waals surface area contributed by atoms with Crippen molar-refractivity contribution >= 4 is 11.6 Å². The van der Waals surface area contributed by atoms with E-state index in [2.05, 4.69) is 22.3 Å². The number of piperazine rings is 1. The average Bonchev–Trinajstić information content (AvgIpc) is 2.98. The van der Waals surface area contributed by atoms with Crippen LogP contribution in [0.4, 0.5) is 0 Å². The van der Waals surface area contributed by atoms with Gasteiger partial charge in [0.1, 0.15) is 5.69 Å². The lowest BCUT2D eigenvalue weighted by molar-refractivity contribution is 0.179. The van der Waals surface area contributed by atoms with E-state index in [0.717, 1.165) is 48.2 Å². The summed E-state index contributed by atoms with van der Waals surface area (Å²) in [5.74, 6) is 0.790. The molecule has 1 N–H and O–H groups in total. The molecule has 0 spiro atoms. The second-order valence-corrected chi connectivity index (χ2v) is 5.52. The Morgan fingerprint density at radius 3 is 2.65 bits per heavy atom. The maximum Gasteiger partial charge on any atom is 0.167 e. The van der Waals surface area contributed by atoms with E-state index < -0.39 is 0 Å². The van der Waals surface area contributed by atoms with Crippen LogP contribution in [0, 0.1) is 0 Å². The first kappa shape index (κ1) is 13.6. The highest BCUT2D eigenvalue weighted by atomic mass is 35.5. The lowest BCUT2D eigenvalue weighted by atomic mass is 10.1. The Morgan fingerprint density at radius 2 is 1.95 bits per heavy atom. The molecule has 106 valence electrons. The molecule has 1 atom stereocenters. The third-order valence-electron chi connectivity index (χ3n) is 3.78. The summed E-state index contributed by atoms with van der Waals surface area (Å²) in [5, 5.41) is 8.30. The topological polar surface area (TPSA) is 41.3 Å². The minimum absolute atomic E-state index is 0.280. The van der Waals surface area contributed by atoms with Crippen molar-refractivity contribution in [1.29, 1.82) is 0 Å². The molecule has 0 aliphatic carbocycles. The Kier molecular flexibility index (Phi) is 4.05. The van der Waals surface area contributed by atoms with E-state index in [1.807, 2.05) is 30.3 Å². The first-order valence-electron chi connectivity index (χ1n) is 6.91. The van der Waals surface area contributed by atoms with Crippen LogP contribution in [0.2, 0.25) is 5.02 Å². The molecular formula is C15H18ClN3O. The summed E-state index contributed by atoms with van der Waals surface area (Å²) >= 11 is 5.90. The van der Waals surface area contributed by atoms with Crippen molar-refractivity contribution in [2.24, 2.45) is 0 Å². The summed E-state index contributed by atoms with van der Waals surface area (Å²) in [6, 6.07) is 9.92. The number of nitrogens with one attached hydrogen (secondary N) is 1. The fourth-order valence-electron chi connectivity index (χ4n) is 2.49. The molecule has 1 aliphatic rings. The van der Waals surface area contributed by atoms with Gasteiger partial charge in [-0.05, 0) is 31.2 Å². The molecule has 1 saturated heterocycles. The van der Waals surface area contributed by atoms with Gasteiger partial charge >= 0.3 is 0 Å². The molecule has 1 aromatic heterocycles. The van der Waals surface area contributed by atoms with Gasteiger partial charge in [0.2, 0.25) is 0 Å². The molecule has 5 heteroatoms. The van der Waals surface area contributed by atoms with Gasteiger partial charge < -0.3 is 9.84 Å².